The second-order valence-electron chi connectivity index (χ2n) is 6.17. The quantitative estimate of drug-likeness (QED) is 0.893. The minimum Gasteiger partial charge on any atom is -0.495 e. The van der Waals surface area contributed by atoms with Crippen LogP contribution in [0.4, 0.5) is 0 Å². The lowest BCUT2D eigenvalue weighted by Crippen LogP contribution is -2.54. The van der Waals surface area contributed by atoms with Crippen LogP contribution in [0.2, 0.25) is 5.02 Å². The van der Waals surface area contributed by atoms with E-state index in [0.717, 1.165) is 5.75 Å². The van der Waals surface area contributed by atoms with E-state index in [9.17, 15) is 0 Å². The maximum absolute atomic E-state index is 6.17. The van der Waals surface area contributed by atoms with Crippen molar-refractivity contribution < 1.29 is 4.74 Å². The molecule has 4 heteroatoms. The minimum absolute atomic E-state index is 0.159. The van der Waals surface area contributed by atoms with Crippen LogP contribution in [0.5, 0.6) is 5.75 Å². The largest absolute Gasteiger partial charge is 0.495 e. The SMILES string of the molecule is CNC(c1ccc(Cl)c(OC)c1)C1(N(C)C)CCCCC1. The Morgan fingerprint density at radius 2 is 1.90 bits per heavy atom. The van der Waals surface area contributed by atoms with Crippen molar-refractivity contribution in [1.29, 1.82) is 0 Å². The normalized spacial score (nSPS) is 19.5. The van der Waals surface area contributed by atoms with Gasteiger partial charge in [0, 0.05) is 5.54 Å². The molecule has 1 fully saturated rings. The molecule has 1 unspecified atom stereocenters. The number of methoxy groups -OCH3 is 1. The van der Waals surface area contributed by atoms with Crippen molar-refractivity contribution in [2.75, 3.05) is 28.3 Å². The zero-order chi connectivity index (χ0) is 15.5. The first kappa shape index (κ1) is 16.6. The van der Waals surface area contributed by atoms with E-state index in [1.165, 1.54) is 37.7 Å². The van der Waals surface area contributed by atoms with Crippen molar-refractivity contribution in [2.45, 2.75) is 43.7 Å². The van der Waals surface area contributed by atoms with Gasteiger partial charge < -0.3 is 15.0 Å². The molecule has 3 nitrogen and oxygen atoms in total. The van der Waals surface area contributed by atoms with Crippen LogP contribution in [-0.2, 0) is 0 Å². The molecule has 1 aliphatic carbocycles. The lowest BCUT2D eigenvalue weighted by atomic mass is 9.73. The summed E-state index contributed by atoms with van der Waals surface area (Å²) in [6.07, 6.45) is 6.37. The molecule has 1 saturated carbocycles. The molecular formula is C17H27ClN2O. The Labute approximate surface area is 133 Å². The highest BCUT2D eigenvalue weighted by Gasteiger charge is 2.41. The summed E-state index contributed by atoms with van der Waals surface area (Å²) in [4.78, 5) is 2.40. The lowest BCUT2D eigenvalue weighted by molar-refractivity contribution is 0.0593. The highest BCUT2D eigenvalue weighted by atomic mass is 35.5. The third-order valence-electron chi connectivity index (χ3n) is 4.94. The van der Waals surface area contributed by atoms with Crippen LogP contribution in [0, 0.1) is 0 Å². The van der Waals surface area contributed by atoms with Crippen molar-refractivity contribution in [3.05, 3.63) is 28.8 Å². The fourth-order valence-corrected chi connectivity index (χ4v) is 3.95. The molecule has 0 saturated heterocycles. The molecule has 2 rings (SSSR count). The van der Waals surface area contributed by atoms with Crippen molar-refractivity contribution in [2.24, 2.45) is 0 Å². The Morgan fingerprint density at radius 3 is 2.43 bits per heavy atom. The fraction of sp³-hybridized carbons (Fsp3) is 0.647. The number of hydrogen-bond donors (Lipinski definition) is 1. The van der Waals surface area contributed by atoms with E-state index in [1.54, 1.807) is 7.11 Å². The Balaban J connectivity index is 2.41. The van der Waals surface area contributed by atoms with Crippen molar-refractivity contribution >= 4 is 11.6 Å². The van der Waals surface area contributed by atoms with Gasteiger partial charge in [-0.2, -0.15) is 0 Å². The molecule has 0 spiro atoms. The van der Waals surface area contributed by atoms with Gasteiger partial charge in [-0.3, -0.25) is 0 Å². The molecule has 0 aliphatic heterocycles. The van der Waals surface area contributed by atoms with Crippen molar-refractivity contribution in [3.63, 3.8) is 0 Å². The van der Waals surface area contributed by atoms with Crippen LogP contribution in [0.3, 0.4) is 0 Å². The lowest BCUT2D eigenvalue weighted by Gasteiger charge is -2.48. The first-order chi connectivity index (χ1) is 10.0. The minimum atomic E-state index is 0.159. The highest BCUT2D eigenvalue weighted by Crippen LogP contribution is 2.43. The molecule has 118 valence electrons. The molecular weight excluding hydrogens is 284 g/mol. The molecule has 0 amide bonds. The van der Waals surface area contributed by atoms with Gasteiger partial charge in [-0.25, -0.2) is 0 Å². The second kappa shape index (κ2) is 6.99. The van der Waals surface area contributed by atoms with Crippen LogP contribution in [0.15, 0.2) is 18.2 Å². The number of halogens is 1. The number of benzene rings is 1. The number of nitrogens with one attached hydrogen (secondary N) is 1. The number of nitrogens with zero attached hydrogens (tertiary/aromatic N) is 1. The van der Waals surface area contributed by atoms with Crippen LogP contribution in [0.25, 0.3) is 0 Å². The Bertz CT molecular complexity index is 470. The van der Waals surface area contributed by atoms with Gasteiger partial charge in [-0.05, 0) is 51.7 Å². The third kappa shape index (κ3) is 3.20. The summed E-state index contributed by atoms with van der Waals surface area (Å²) < 4.78 is 5.39. The molecule has 0 radical (unpaired) electrons. The standard InChI is InChI=1S/C17H27ClN2O/c1-19-16(13-8-9-14(18)15(12-13)21-4)17(20(2)3)10-6-5-7-11-17/h8-9,12,16,19H,5-7,10-11H2,1-4H3. The average molecular weight is 311 g/mol. The van der Waals surface area contributed by atoms with Gasteiger partial charge in [-0.15, -0.1) is 0 Å². The summed E-state index contributed by atoms with van der Waals surface area (Å²) in [5.74, 6) is 0.749. The molecule has 0 aromatic heterocycles. The number of hydrogen-bond acceptors (Lipinski definition) is 3. The average Bonchev–Trinajstić information content (AvgIpc) is 2.50. The van der Waals surface area contributed by atoms with E-state index in [1.807, 2.05) is 13.1 Å². The number of likely N-dealkylation sites (N-methyl/N-ethyl adjacent to an activating group) is 2. The summed E-state index contributed by atoms with van der Waals surface area (Å²) in [7, 11) is 8.11. The van der Waals surface area contributed by atoms with Gasteiger partial charge in [0.15, 0.2) is 0 Å². The molecule has 0 bridgehead atoms. The summed E-state index contributed by atoms with van der Waals surface area (Å²) >= 11 is 6.17. The zero-order valence-electron chi connectivity index (χ0n) is 13.6. The molecule has 1 atom stereocenters. The van der Waals surface area contributed by atoms with Crippen molar-refractivity contribution in [1.82, 2.24) is 10.2 Å². The van der Waals surface area contributed by atoms with Crippen LogP contribution < -0.4 is 10.1 Å². The van der Waals surface area contributed by atoms with Gasteiger partial charge in [-0.1, -0.05) is 36.9 Å². The van der Waals surface area contributed by atoms with E-state index in [4.69, 9.17) is 16.3 Å². The second-order valence-corrected chi connectivity index (χ2v) is 6.58. The molecule has 1 N–H and O–H groups in total. The van der Waals surface area contributed by atoms with Gasteiger partial charge in [0.25, 0.3) is 0 Å². The van der Waals surface area contributed by atoms with Gasteiger partial charge in [0.1, 0.15) is 5.75 Å². The first-order valence-electron chi connectivity index (χ1n) is 7.73. The number of ether oxygens (including phenoxy) is 1. The fourth-order valence-electron chi connectivity index (χ4n) is 3.76. The Kier molecular flexibility index (Phi) is 5.53. The first-order valence-corrected chi connectivity index (χ1v) is 8.11. The molecule has 21 heavy (non-hydrogen) atoms. The summed E-state index contributed by atoms with van der Waals surface area (Å²) in [5.41, 5.74) is 1.40. The highest BCUT2D eigenvalue weighted by molar-refractivity contribution is 6.32. The van der Waals surface area contributed by atoms with Crippen molar-refractivity contribution in [3.8, 4) is 5.75 Å². The van der Waals surface area contributed by atoms with Gasteiger partial charge >= 0.3 is 0 Å². The van der Waals surface area contributed by atoms with Crippen LogP contribution in [0.1, 0.15) is 43.7 Å². The maximum atomic E-state index is 6.17. The maximum Gasteiger partial charge on any atom is 0.137 e. The van der Waals surface area contributed by atoms with Gasteiger partial charge in [0.05, 0.1) is 18.2 Å². The molecule has 1 aromatic carbocycles. The van der Waals surface area contributed by atoms with Crippen LogP contribution in [-0.4, -0.2) is 38.7 Å². The smallest absolute Gasteiger partial charge is 0.137 e. The summed E-state index contributed by atoms with van der Waals surface area (Å²) in [5, 5.41) is 4.21. The monoisotopic (exact) mass is 310 g/mol. The summed E-state index contributed by atoms with van der Waals surface area (Å²) in [6, 6.07) is 6.40. The van der Waals surface area contributed by atoms with E-state index in [2.05, 4.69) is 36.4 Å². The van der Waals surface area contributed by atoms with E-state index in [0.29, 0.717) is 5.02 Å². The predicted octanol–water partition coefficient (Wildman–Crippen LogP) is 3.87. The Hall–Kier alpha value is -0.770. The third-order valence-corrected chi connectivity index (χ3v) is 5.26. The predicted molar refractivity (Wildman–Crippen MR) is 89.3 cm³/mol. The van der Waals surface area contributed by atoms with E-state index >= 15 is 0 Å². The van der Waals surface area contributed by atoms with Gasteiger partial charge in [0.2, 0.25) is 0 Å². The van der Waals surface area contributed by atoms with Crippen LogP contribution >= 0.6 is 11.6 Å². The topological polar surface area (TPSA) is 24.5 Å². The molecule has 1 aliphatic rings. The summed E-state index contributed by atoms with van der Waals surface area (Å²) in [6.45, 7) is 0. The molecule has 1 aromatic rings. The molecule has 0 heterocycles. The zero-order valence-corrected chi connectivity index (χ0v) is 14.3. The Morgan fingerprint density at radius 1 is 1.24 bits per heavy atom. The van der Waals surface area contributed by atoms with E-state index < -0.39 is 0 Å². The number of rotatable bonds is 5. The van der Waals surface area contributed by atoms with E-state index in [-0.39, 0.29) is 11.6 Å².